The molecule has 0 bridgehead atoms. The van der Waals surface area contributed by atoms with E-state index in [0.29, 0.717) is 17.4 Å². The minimum atomic E-state index is -0.117. The Bertz CT molecular complexity index is 710. The second-order valence-corrected chi connectivity index (χ2v) is 5.26. The molecule has 0 unspecified atom stereocenters. The summed E-state index contributed by atoms with van der Waals surface area (Å²) in [5.74, 6) is 1.40. The normalized spacial score (nSPS) is 15.8. The molecule has 5 heteroatoms. The Kier molecular flexibility index (Phi) is 3.79. The number of pyridine rings is 2. The van der Waals surface area contributed by atoms with Gasteiger partial charge >= 0.3 is 0 Å². The Morgan fingerprint density at radius 1 is 1.14 bits per heavy atom. The summed E-state index contributed by atoms with van der Waals surface area (Å²) in [4.78, 5) is 23.4. The van der Waals surface area contributed by atoms with Crippen molar-refractivity contribution < 1.29 is 4.79 Å². The first-order chi connectivity index (χ1) is 10.8. The molecule has 2 aliphatic rings. The van der Waals surface area contributed by atoms with Crippen molar-refractivity contribution in [1.82, 2.24) is 9.97 Å². The topological polar surface area (TPSA) is 58.1 Å². The highest BCUT2D eigenvalue weighted by Gasteiger charge is 2.37. The van der Waals surface area contributed by atoms with Crippen molar-refractivity contribution in [3.05, 3.63) is 41.7 Å². The lowest BCUT2D eigenvalue weighted by atomic mass is 10.2. The van der Waals surface area contributed by atoms with Gasteiger partial charge in [0, 0.05) is 18.4 Å². The maximum atomic E-state index is 12.4. The van der Waals surface area contributed by atoms with Gasteiger partial charge < -0.3 is 10.2 Å². The minimum absolute atomic E-state index is 0.117. The number of rotatable bonds is 1. The van der Waals surface area contributed by atoms with Crippen molar-refractivity contribution >= 4 is 23.2 Å². The number of hydrogen-bond acceptors (Lipinski definition) is 4. The molecule has 22 heavy (non-hydrogen) atoms. The van der Waals surface area contributed by atoms with E-state index in [4.69, 9.17) is 0 Å². The van der Waals surface area contributed by atoms with E-state index in [9.17, 15) is 4.79 Å². The molecule has 1 aliphatic heterocycles. The summed E-state index contributed by atoms with van der Waals surface area (Å²) in [6.45, 7) is 5.98. The molecule has 5 nitrogen and oxygen atoms in total. The van der Waals surface area contributed by atoms with Crippen LogP contribution in [-0.2, 0) is 0 Å². The van der Waals surface area contributed by atoms with E-state index >= 15 is 0 Å². The Morgan fingerprint density at radius 2 is 1.86 bits per heavy atom. The summed E-state index contributed by atoms with van der Waals surface area (Å²) in [6, 6.07) is 5.91. The van der Waals surface area contributed by atoms with E-state index in [0.717, 1.165) is 29.9 Å². The molecular formula is C17H20N4O. The lowest BCUT2D eigenvalue weighted by Gasteiger charge is -2.23. The van der Waals surface area contributed by atoms with E-state index in [-0.39, 0.29) is 5.91 Å². The van der Waals surface area contributed by atoms with Gasteiger partial charge in [0.2, 0.25) is 0 Å². The zero-order valence-electron chi connectivity index (χ0n) is 13.1. The fourth-order valence-electron chi connectivity index (χ4n) is 2.61. The van der Waals surface area contributed by atoms with Gasteiger partial charge in [-0.3, -0.25) is 4.79 Å². The zero-order chi connectivity index (χ0) is 15.7. The molecule has 0 saturated heterocycles. The van der Waals surface area contributed by atoms with Crippen LogP contribution in [0, 0.1) is 6.92 Å². The van der Waals surface area contributed by atoms with E-state index < -0.39 is 0 Å². The number of amides is 1. The number of anilines is 3. The first kappa shape index (κ1) is 14.5. The number of hydrogen-bond donors (Lipinski definition) is 1. The van der Waals surface area contributed by atoms with Crippen LogP contribution in [0.15, 0.2) is 30.6 Å². The standard InChI is InChI=1S/C15H14N4O.C2H6/c1-9-6-8-17-14-12(9)18-15(20)11-3-2-7-16-13(11)19(14)10-4-5-10;1-2/h2-3,6-8,10H,4-5H2,1H3,(H,18,20);1-2H3. The van der Waals surface area contributed by atoms with Gasteiger partial charge in [-0.2, -0.15) is 0 Å². The molecule has 114 valence electrons. The van der Waals surface area contributed by atoms with E-state index in [1.807, 2.05) is 32.9 Å². The van der Waals surface area contributed by atoms with Crippen molar-refractivity contribution in [2.75, 3.05) is 10.2 Å². The minimum Gasteiger partial charge on any atom is -0.318 e. The van der Waals surface area contributed by atoms with Gasteiger partial charge in [0.15, 0.2) is 5.82 Å². The Hall–Kier alpha value is -2.43. The van der Waals surface area contributed by atoms with Gasteiger partial charge in [-0.1, -0.05) is 13.8 Å². The van der Waals surface area contributed by atoms with Crippen LogP contribution >= 0.6 is 0 Å². The predicted octanol–water partition coefficient (Wildman–Crippen LogP) is 3.68. The van der Waals surface area contributed by atoms with E-state index in [1.165, 1.54) is 0 Å². The predicted molar refractivity (Wildman–Crippen MR) is 87.7 cm³/mol. The van der Waals surface area contributed by atoms with Gasteiger partial charge in [0.25, 0.3) is 5.91 Å². The molecule has 0 spiro atoms. The molecular weight excluding hydrogens is 276 g/mol. The number of carbonyl (C=O) groups excluding carboxylic acids is 1. The molecule has 0 atom stereocenters. The van der Waals surface area contributed by atoms with Gasteiger partial charge in [0.05, 0.1) is 11.3 Å². The highest BCUT2D eigenvalue weighted by Crippen LogP contribution is 2.43. The summed E-state index contributed by atoms with van der Waals surface area (Å²) in [5, 5.41) is 2.98. The summed E-state index contributed by atoms with van der Waals surface area (Å²) < 4.78 is 0. The maximum Gasteiger partial charge on any atom is 0.259 e. The quantitative estimate of drug-likeness (QED) is 0.872. The summed E-state index contributed by atoms with van der Waals surface area (Å²) >= 11 is 0. The lowest BCUT2D eigenvalue weighted by molar-refractivity contribution is 0.102. The largest absolute Gasteiger partial charge is 0.318 e. The van der Waals surface area contributed by atoms with E-state index in [1.54, 1.807) is 18.5 Å². The average molecular weight is 296 g/mol. The van der Waals surface area contributed by atoms with Crippen molar-refractivity contribution in [2.24, 2.45) is 0 Å². The molecule has 1 fully saturated rings. The number of aromatic nitrogens is 2. The van der Waals surface area contributed by atoms with Gasteiger partial charge in [-0.05, 0) is 43.5 Å². The van der Waals surface area contributed by atoms with Gasteiger partial charge in [0.1, 0.15) is 5.82 Å². The van der Waals surface area contributed by atoms with Gasteiger partial charge in [-0.15, -0.1) is 0 Å². The van der Waals surface area contributed by atoms with Crippen LogP contribution in [0.1, 0.15) is 42.6 Å². The number of fused-ring (bicyclic) bond motifs is 2. The van der Waals surface area contributed by atoms with Crippen molar-refractivity contribution in [3.63, 3.8) is 0 Å². The number of nitrogens with one attached hydrogen (secondary N) is 1. The fourth-order valence-corrected chi connectivity index (χ4v) is 2.61. The third-order valence-electron chi connectivity index (χ3n) is 3.78. The molecule has 4 rings (SSSR count). The van der Waals surface area contributed by atoms with Crippen LogP contribution in [0.5, 0.6) is 0 Å². The van der Waals surface area contributed by atoms with Crippen molar-refractivity contribution in [3.8, 4) is 0 Å². The third kappa shape index (κ3) is 2.32. The van der Waals surface area contributed by atoms with Crippen LogP contribution < -0.4 is 10.2 Å². The molecule has 2 aromatic rings. The second-order valence-electron chi connectivity index (χ2n) is 5.26. The van der Waals surface area contributed by atoms with Crippen molar-refractivity contribution in [1.29, 1.82) is 0 Å². The summed E-state index contributed by atoms with van der Waals surface area (Å²) in [6.07, 6.45) is 5.73. The highest BCUT2D eigenvalue weighted by molar-refractivity contribution is 6.11. The number of nitrogens with zero attached hydrogens (tertiary/aromatic N) is 3. The molecule has 1 N–H and O–H groups in total. The third-order valence-corrected chi connectivity index (χ3v) is 3.78. The molecule has 1 amide bonds. The van der Waals surface area contributed by atoms with Crippen LogP contribution in [-0.4, -0.2) is 21.9 Å². The number of aryl methyl sites for hydroxylation is 1. The van der Waals surface area contributed by atoms with Crippen molar-refractivity contribution in [2.45, 2.75) is 39.7 Å². The molecule has 1 aliphatic carbocycles. The average Bonchev–Trinajstić information content (AvgIpc) is 3.38. The highest BCUT2D eigenvalue weighted by atomic mass is 16.1. The van der Waals surface area contributed by atoms with E-state index in [2.05, 4.69) is 20.2 Å². The first-order valence-corrected chi connectivity index (χ1v) is 7.77. The van der Waals surface area contributed by atoms with Crippen LogP contribution in [0.3, 0.4) is 0 Å². The monoisotopic (exact) mass is 296 g/mol. The SMILES string of the molecule is CC.Cc1ccnc2c1NC(=O)c1cccnc1N2C1CC1. The zero-order valence-corrected chi connectivity index (χ0v) is 13.1. The smallest absolute Gasteiger partial charge is 0.259 e. The first-order valence-electron chi connectivity index (χ1n) is 7.77. The van der Waals surface area contributed by atoms with Gasteiger partial charge in [-0.25, -0.2) is 9.97 Å². The second kappa shape index (κ2) is 5.75. The van der Waals surface area contributed by atoms with Crippen LogP contribution in [0.2, 0.25) is 0 Å². The molecule has 2 aromatic heterocycles. The van der Waals surface area contributed by atoms with Crippen LogP contribution in [0.4, 0.5) is 17.3 Å². The lowest BCUT2D eigenvalue weighted by Crippen LogP contribution is -2.22. The molecule has 0 aromatic carbocycles. The fraction of sp³-hybridized carbons (Fsp3) is 0.353. The molecule has 1 saturated carbocycles. The number of carbonyl (C=O) groups is 1. The Morgan fingerprint density at radius 3 is 2.59 bits per heavy atom. The Labute approximate surface area is 130 Å². The Balaban J connectivity index is 0.000000693. The summed E-state index contributed by atoms with van der Waals surface area (Å²) in [5.41, 5.74) is 2.42. The summed E-state index contributed by atoms with van der Waals surface area (Å²) in [7, 11) is 0. The molecule has 3 heterocycles. The maximum absolute atomic E-state index is 12.4. The molecule has 0 radical (unpaired) electrons. The van der Waals surface area contributed by atoms with Crippen LogP contribution in [0.25, 0.3) is 0 Å².